The number of carbonyl (C=O) groups is 1. The fourth-order valence-electron chi connectivity index (χ4n) is 3.62. The number of sulfone groups is 1. The van der Waals surface area contributed by atoms with Gasteiger partial charge in [0, 0.05) is 19.1 Å². The quantitative estimate of drug-likeness (QED) is 0.541. The van der Waals surface area contributed by atoms with Gasteiger partial charge in [0.2, 0.25) is 5.91 Å². The molecule has 1 aromatic carbocycles. The fourth-order valence-corrected chi connectivity index (χ4v) is 6.47. The van der Waals surface area contributed by atoms with Gasteiger partial charge in [-0.1, -0.05) is 23.9 Å². The molecule has 0 spiro atoms. The van der Waals surface area contributed by atoms with Crippen molar-refractivity contribution in [2.45, 2.75) is 48.7 Å². The van der Waals surface area contributed by atoms with Crippen LogP contribution >= 0.6 is 11.8 Å². The van der Waals surface area contributed by atoms with Crippen LogP contribution in [0.1, 0.15) is 32.2 Å². The molecule has 0 bridgehead atoms. The highest BCUT2D eigenvalue weighted by Gasteiger charge is 2.35. The Balaban J connectivity index is 1.60. The predicted molar refractivity (Wildman–Crippen MR) is 109 cm³/mol. The number of aromatic nitrogens is 2. The number of amides is 1. The Morgan fingerprint density at radius 2 is 2.00 bits per heavy atom. The lowest BCUT2D eigenvalue weighted by Crippen LogP contribution is -2.42. The molecular formula is C19H23N3O4S2. The van der Waals surface area contributed by atoms with E-state index < -0.39 is 15.1 Å². The number of benzene rings is 1. The number of carbonyl (C=O) groups excluding carboxylic acids is 1. The van der Waals surface area contributed by atoms with Gasteiger partial charge in [0.25, 0.3) is 5.56 Å². The predicted octanol–water partition coefficient (Wildman–Crippen LogP) is 1.86. The molecule has 1 saturated heterocycles. The van der Waals surface area contributed by atoms with Crippen LogP contribution in [0.4, 0.5) is 0 Å². The lowest BCUT2D eigenvalue weighted by atomic mass is 10.2. The highest BCUT2D eigenvalue weighted by atomic mass is 32.2. The maximum absolute atomic E-state index is 12.9. The van der Waals surface area contributed by atoms with Gasteiger partial charge in [-0.3, -0.25) is 14.2 Å². The molecule has 0 radical (unpaired) electrons. The second-order valence-electron chi connectivity index (χ2n) is 7.58. The first kappa shape index (κ1) is 19.4. The Bertz CT molecular complexity index is 1090. The number of thioether (sulfide) groups is 1. The number of hydrogen-bond acceptors (Lipinski definition) is 6. The third kappa shape index (κ3) is 3.69. The summed E-state index contributed by atoms with van der Waals surface area (Å²) in [5, 5.41) is 0.678. The molecule has 0 N–H and O–H groups in total. The Kier molecular flexibility index (Phi) is 4.99. The van der Waals surface area contributed by atoms with Crippen LogP contribution in [0.3, 0.4) is 0 Å². The third-order valence-electron chi connectivity index (χ3n) is 5.42. The maximum atomic E-state index is 12.9. The van der Waals surface area contributed by atoms with Crippen LogP contribution in [0.2, 0.25) is 0 Å². The van der Waals surface area contributed by atoms with Crippen LogP contribution < -0.4 is 5.56 Å². The Hall–Kier alpha value is -1.87. The van der Waals surface area contributed by atoms with Crippen molar-refractivity contribution in [1.29, 1.82) is 0 Å². The number of hydrogen-bond donors (Lipinski definition) is 0. The molecule has 9 heteroatoms. The minimum absolute atomic E-state index is 0.0215. The third-order valence-corrected chi connectivity index (χ3v) is 8.23. The molecule has 0 unspecified atom stereocenters. The van der Waals surface area contributed by atoms with Gasteiger partial charge in [-0.25, -0.2) is 13.4 Å². The van der Waals surface area contributed by atoms with Crippen molar-refractivity contribution in [3.63, 3.8) is 0 Å². The highest BCUT2D eigenvalue weighted by Crippen LogP contribution is 2.38. The molecule has 2 aromatic rings. The Labute approximate surface area is 168 Å². The van der Waals surface area contributed by atoms with E-state index in [1.807, 2.05) is 12.1 Å². The van der Waals surface area contributed by atoms with E-state index in [9.17, 15) is 18.0 Å². The van der Waals surface area contributed by atoms with E-state index >= 15 is 0 Å². The second kappa shape index (κ2) is 7.18. The fraction of sp³-hybridized carbons (Fsp3) is 0.526. The molecule has 1 aliphatic carbocycles. The van der Waals surface area contributed by atoms with Crippen LogP contribution in [-0.4, -0.2) is 58.6 Å². The van der Waals surface area contributed by atoms with Gasteiger partial charge >= 0.3 is 0 Å². The molecule has 1 amide bonds. The normalized spacial score (nSPS) is 22.3. The molecule has 1 aromatic heterocycles. The molecule has 1 saturated carbocycles. The average molecular weight is 422 g/mol. The number of nitrogens with zero attached hydrogens (tertiary/aromatic N) is 3. The summed E-state index contributed by atoms with van der Waals surface area (Å²) in [5.74, 6) is 0.00889. The van der Waals surface area contributed by atoms with Crippen molar-refractivity contribution in [2.24, 2.45) is 0 Å². The van der Waals surface area contributed by atoms with Crippen molar-refractivity contribution < 1.29 is 13.2 Å². The Morgan fingerprint density at radius 3 is 2.64 bits per heavy atom. The number of fused-ring (bicyclic) bond motifs is 1. The number of rotatable bonds is 5. The van der Waals surface area contributed by atoms with Crippen LogP contribution in [-0.2, 0) is 14.6 Å². The molecule has 4 rings (SSSR count). The first-order chi connectivity index (χ1) is 13.3. The lowest BCUT2D eigenvalue weighted by molar-refractivity contribution is -0.130. The van der Waals surface area contributed by atoms with E-state index in [0.717, 1.165) is 12.8 Å². The molecule has 1 aliphatic heterocycles. The van der Waals surface area contributed by atoms with E-state index in [1.165, 1.54) is 11.8 Å². The van der Waals surface area contributed by atoms with Gasteiger partial charge in [0.1, 0.15) is 0 Å². The van der Waals surface area contributed by atoms with Crippen LogP contribution in [0.25, 0.3) is 10.9 Å². The molecule has 2 heterocycles. The molecule has 2 fully saturated rings. The average Bonchev–Trinajstić information content (AvgIpc) is 3.42. The zero-order valence-electron chi connectivity index (χ0n) is 15.9. The molecule has 28 heavy (non-hydrogen) atoms. The monoisotopic (exact) mass is 421 g/mol. The van der Waals surface area contributed by atoms with Gasteiger partial charge in [-0.2, -0.15) is 0 Å². The summed E-state index contributed by atoms with van der Waals surface area (Å²) in [5.41, 5.74) is 0.562. The van der Waals surface area contributed by atoms with Gasteiger partial charge in [0.15, 0.2) is 15.0 Å². The van der Waals surface area contributed by atoms with Crippen molar-refractivity contribution in [3.05, 3.63) is 34.6 Å². The zero-order valence-corrected chi connectivity index (χ0v) is 17.5. The minimum Gasteiger partial charge on any atom is -0.341 e. The largest absolute Gasteiger partial charge is 0.341 e. The highest BCUT2D eigenvalue weighted by molar-refractivity contribution is 8.00. The van der Waals surface area contributed by atoms with Crippen LogP contribution in [0, 0.1) is 0 Å². The summed E-state index contributed by atoms with van der Waals surface area (Å²) in [4.78, 5) is 32.0. The molecule has 7 nitrogen and oxygen atoms in total. The lowest BCUT2D eigenvalue weighted by Gasteiger charge is -2.26. The zero-order chi connectivity index (χ0) is 20.1. The van der Waals surface area contributed by atoms with E-state index in [1.54, 1.807) is 35.6 Å². The van der Waals surface area contributed by atoms with Crippen LogP contribution in [0.5, 0.6) is 0 Å². The van der Waals surface area contributed by atoms with Crippen LogP contribution in [0.15, 0.2) is 34.2 Å². The van der Waals surface area contributed by atoms with Crippen molar-refractivity contribution >= 4 is 38.4 Å². The first-order valence-electron chi connectivity index (χ1n) is 9.42. The van der Waals surface area contributed by atoms with Crippen molar-refractivity contribution in [1.82, 2.24) is 14.5 Å². The van der Waals surface area contributed by atoms with E-state index in [-0.39, 0.29) is 35.1 Å². The maximum Gasteiger partial charge on any atom is 0.262 e. The van der Waals surface area contributed by atoms with Gasteiger partial charge < -0.3 is 4.90 Å². The van der Waals surface area contributed by atoms with Crippen molar-refractivity contribution in [3.8, 4) is 0 Å². The summed E-state index contributed by atoms with van der Waals surface area (Å²) in [7, 11) is -1.40. The summed E-state index contributed by atoms with van der Waals surface area (Å²) in [6, 6.07) is 7.11. The summed E-state index contributed by atoms with van der Waals surface area (Å²) in [6.07, 6.45) is 2.36. The van der Waals surface area contributed by atoms with Crippen molar-refractivity contribution in [2.75, 3.05) is 18.6 Å². The first-order valence-corrected chi connectivity index (χ1v) is 12.1. The van der Waals surface area contributed by atoms with E-state index in [2.05, 4.69) is 4.98 Å². The molecule has 2 atom stereocenters. The minimum atomic E-state index is -3.06. The standard InChI is InChI=1S/C19H23N3O4S2/c1-12(17(23)21(2)14-9-10-28(25,26)11-14)27-19-20-16-6-4-3-5-15(16)18(24)22(19)13-7-8-13/h3-6,12-14H,7-11H2,1-2H3/t12-,14+/m0/s1. The smallest absolute Gasteiger partial charge is 0.262 e. The second-order valence-corrected chi connectivity index (χ2v) is 11.1. The molecule has 2 aliphatic rings. The SMILES string of the molecule is C[C@H](Sc1nc2ccccc2c(=O)n1C1CC1)C(=O)N(C)[C@@H]1CCS(=O)(=O)C1. The summed E-state index contributed by atoms with van der Waals surface area (Å²) >= 11 is 1.27. The Morgan fingerprint density at radius 1 is 1.29 bits per heavy atom. The summed E-state index contributed by atoms with van der Waals surface area (Å²) in [6.45, 7) is 1.78. The van der Waals surface area contributed by atoms with Gasteiger partial charge in [-0.15, -0.1) is 0 Å². The molecule has 150 valence electrons. The van der Waals surface area contributed by atoms with E-state index in [4.69, 9.17) is 0 Å². The van der Waals surface area contributed by atoms with Gasteiger partial charge in [0.05, 0.1) is 27.7 Å². The number of para-hydroxylation sites is 1. The van der Waals surface area contributed by atoms with E-state index in [0.29, 0.717) is 22.5 Å². The topological polar surface area (TPSA) is 89.3 Å². The molecular weight excluding hydrogens is 398 g/mol. The summed E-state index contributed by atoms with van der Waals surface area (Å²) < 4.78 is 25.2. The van der Waals surface area contributed by atoms with Gasteiger partial charge in [-0.05, 0) is 38.3 Å².